The second kappa shape index (κ2) is 2.25. The number of hydrogen-bond acceptors (Lipinski definition) is 3. The molecule has 0 saturated carbocycles. The Morgan fingerprint density at radius 1 is 2.00 bits per heavy atom. The van der Waals surface area contributed by atoms with Gasteiger partial charge in [0, 0.05) is 0 Å². The van der Waals surface area contributed by atoms with Gasteiger partial charge in [0.25, 0.3) is 0 Å². The molecular weight excluding hydrogens is 181 g/mol. The van der Waals surface area contributed by atoms with E-state index in [-0.39, 0.29) is 22.9 Å². The maximum absolute atomic E-state index is 8.98. The van der Waals surface area contributed by atoms with Crippen LogP contribution in [0.4, 0.5) is 0 Å². The molecule has 5 heteroatoms. The number of hydrogen-bond donors (Lipinski definition) is 0. The summed E-state index contributed by atoms with van der Waals surface area (Å²) in [6.07, 6.45) is 0. The predicted molar refractivity (Wildman–Crippen MR) is 15.2 cm³/mol. The monoisotopic (exact) mass is 183 g/mol. The van der Waals surface area contributed by atoms with Gasteiger partial charge >= 0.3 is 41.3 Å². The van der Waals surface area contributed by atoms with Crippen LogP contribution < -0.4 is 0 Å². The first kappa shape index (κ1) is 5.00. The second-order valence-electron chi connectivity index (χ2n) is 0.329. The van der Waals surface area contributed by atoms with Crippen LogP contribution in [0.2, 0.25) is 0 Å². The third kappa shape index (κ3) is 4.00. The first-order valence-electron chi connectivity index (χ1n) is 0.783. The molecule has 0 fully saturated rings. The Hall–Kier alpha value is -0.00130. The summed E-state index contributed by atoms with van der Waals surface area (Å²) in [5.74, 6) is 0. The summed E-state index contributed by atoms with van der Waals surface area (Å²) in [6, 6.07) is 0. The minimum absolute atomic E-state index is 0.227. The first-order chi connectivity index (χ1) is 2.27. The molecular formula is HNO3Sn. The molecule has 0 N–H and O–H groups in total. The molecule has 0 aliphatic carbocycles. The van der Waals surface area contributed by atoms with E-state index in [0.29, 0.717) is 0 Å². The first-order valence-corrected chi connectivity index (χ1v) is 2.13. The molecule has 0 aromatic carbocycles. The van der Waals surface area contributed by atoms with Crippen LogP contribution in [0.5, 0.6) is 0 Å². The minimum atomic E-state index is -0.817. The Morgan fingerprint density at radius 3 is 2.20 bits per heavy atom. The molecule has 28 valence electrons. The van der Waals surface area contributed by atoms with Gasteiger partial charge in [-0.05, 0) is 0 Å². The maximum atomic E-state index is 8.98. The standard InChI is InChI=1S/NO3.Sn.H/c2-1(3)4;;/q-1;+1;. The van der Waals surface area contributed by atoms with E-state index in [1.54, 1.807) is 0 Å². The Labute approximate surface area is 41.9 Å². The van der Waals surface area contributed by atoms with Crippen LogP contribution in [-0.2, 0) is 3.17 Å². The normalized spacial score (nSPS) is 6.60. The molecule has 0 bridgehead atoms. The zero-order valence-corrected chi connectivity index (χ0v) is 5.54. The summed E-state index contributed by atoms with van der Waals surface area (Å²) in [4.78, 5) is 8.98. The number of nitrogens with zero attached hydrogens (tertiary/aromatic N) is 1. The molecule has 0 aliphatic rings. The van der Waals surface area contributed by atoms with Crippen molar-refractivity contribution in [1.29, 1.82) is 0 Å². The van der Waals surface area contributed by atoms with E-state index in [0.717, 1.165) is 0 Å². The summed E-state index contributed by atoms with van der Waals surface area (Å²) in [7, 11) is 0. The van der Waals surface area contributed by atoms with Crippen molar-refractivity contribution >= 4 is 22.9 Å². The molecule has 5 heavy (non-hydrogen) atoms. The van der Waals surface area contributed by atoms with Crippen molar-refractivity contribution in [2.24, 2.45) is 0 Å². The molecule has 4 nitrogen and oxygen atoms in total. The van der Waals surface area contributed by atoms with Gasteiger partial charge < -0.3 is 0 Å². The van der Waals surface area contributed by atoms with Crippen LogP contribution >= 0.6 is 0 Å². The van der Waals surface area contributed by atoms with Crippen molar-refractivity contribution in [3.05, 3.63) is 10.1 Å². The molecule has 0 amide bonds. The van der Waals surface area contributed by atoms with Crippen LogP contribution in [-0.4, -0.2) is 28.0 Å². The van der Waals surface area contributed by atoms with E-state index in [1.807, 2.05) is 0 Å². The zero-order chi connectivity index (χ0) is 4.28. The van der Waals surface area contributed by atoms with Crippen LogP contribution in [0.15, 0.2) is 0 Å². The van der Waals surface area contributed by atoms with Gasteiger partial charge in [-0.3, -0.25) is 0 Å². The van der Waals surface area contributed by atoms with Crippen molar-refractivity contribution in [3.63, 3.8) is 0 Å². The molecule has 2 radical (unpaired) electrons. The summed E-state index contributed by atoms with van der Waals surface area (Å²) in [5.41, 5.74) is 0. The average molecular weight is 182 g/mol. The van der Waals surface area contributed by atoms with Crippen LogP contribution in [0.3, 0.4) is 0 Å². The average Bonchev–Trinajstić information content (AvgIpc) is 1.38. The predicted octanol–water partition coefficient (Wildman–Crippen LogP) is -0.990. The van der Waals surface area contributed by atoms with Gasteiger partial charge in [0.1, 0.15) is 0 Å². The molecule has 0 rings (SSSR count). The van der Waals surface area contributed by atoms with Crippen LogP contribution in [0.25, 0.3) is 0 Å². The molecule has 0 heterocycles. The van der Waals surface area contributed by atoms with Gasteiger partial charge in [0.15, 0.2) is 0 Å². The third-order valence-electron chi connectivity index (χ3n) is 0.0861. The van der Waals surface area contributed by atoms with Crippen molar-refractivity contribution in [2.75, 3.05) is 0 Å². The quantitative estimate of drug-likeness (QED) is 0.297. The number of rotatable bonds is 1. The third-order valence-corrected chi connectivity index (χ3v) is 0.577. The van der Waals surface area contributed by atoms with Gasteiger partial charge in [0.2, 0.25) is 0 Å². The molecule has 0 aromatic rings. The van der Waals surface area contributed by atoms with Crippen LogP contribution in [0.1, 0.15) is 0 Å². The molecule has 0 aliphatic heterocycles. The Balaban J connectivity index is 2.85. The van der Waals surface area contributed by atoms with Gasteiger partial charge in [0.05, 0.1) is 0 Å². The summed E-state index contributed by atoms with van der Waals surface area (Å²) in [6.45, 7) is 0. The Morgan fingerprint density at radius 2 is 2.20 bits per heavy atom. The Kier molecular flexibility index (Phi) is 2.25. The summed E-state index contributed by atoms with van der Waals surface area (Å²) >= 11 is 0.227. The van der Waals surface area contributed by atoms with E-state index >= 15 is 0 Å². The van der Waals surface area contributed by atoms with Crippen molar-refractivity contribution in [1.82, 2.24) is 0 Å². The zero-order valence-electron chi connectivity index (χ0n) is 2.25. The van der Waals surface area contributed by atoms with Crippen molar-refractivity contribution < 1.29 is 8.26 Å². The Bertz CT molecular complexity index is 42.2. The molecule has 0 unspecified atom stereocenters. The fourth-order valence-electron chi connectivity index (χ4n) is 0. The van der Waals surface area contributed by atoms with E-state index in [2.05, 4.69) is 3.17 Å². The fourth-order valence-corrected chi connectivity index (χ4v) is 0. The molecule has 0 atom stereocenters. The van der Waals surface area contributed by atoms with Crippen LogP contribution in [0, 0.1) is 10.1 Å². The van der Waals surface area contributed by atoms with Crippen molar-refractivity contribution in [3.8, 4) is 0 Å². The van der Waals surface area contributed by atoms with E-state index < -0.39 is 5.09 Å². The van der Waals surface area contributed by atoms with Gasteiger partial charge in [-0.25, -0.2) is 0 Å². The van der Waals surface area contributed by atoms with E-state index in [9.17, 15) is 0 Å². The second-order valence-corrected chi connectivity index (χ2v) is 0.931. The van der Waals surface area contributed by atoms with E-state index in [4.69, 9.17) is 10.1 Å². The van der Waals surface area contributed by atoms with Crippen molar-refractivity contribution in [2.45, 2.75) is 0 Å². The SMILES string of the molecule is O=[N+]([O-])[O][SnH]. The molecule has 0 saturated heterocycles. The van der Waals surface area contributed by atoms with Gasteiger partial charge in [-0.1, -0.05) is 0 Å². The van der Waals surface area contributed by atoms with E-state index in [1.165, 1.54) is 0 Å². The summed E-state index contributed by atoms with van der Waals surface area (Å²) in [5, 5.41) is 8.17. The summed E-state index contributed by atoms with van der Waals surface area (Å²) < 4.78 is 3.60. The topological polar surface area (TPSA) is 52.4 Å². The fraction of sp³-hybridized carbons (Fsp3) is 0. The van der Waals surface area contributed by atoms with Gasteiger partial charge in [-0.2, -0.15) is 0 Å². The molecule has 0 spiro atoms. The van der Waals surface area contributed by atoms with Gasteiger partial charge in [-0.15, -0.1) is 0 Å². The molecule has 0 aromatic heterocycles.